The molecule has 172 valence electrons. The highest BCUT2D eigenvalue weighted by molar-refractivity contribution is 6.84. The van der Waals surface area contributed by atoms with Crippen molar-refractivity contribution in [3.63, 3.8) is 0 Å². The molecule has 4 amide bonds. The van der Waals surface area contributed by atoms with E-state index in [9.17, 15) is 19.2 Å². The molecule has 2 heterocycles. The van der Waals surface area contributed by atoms with E-state index in [0.29, 0.717) is 35.4 Å². The summed E-state index contributed by atoms with van der Waals surface area (Å²) in [5.74, 6) is -0.709. The van der Waals surface area contributed by atoms with Gasteiger partial charge in [-0.1, -0.05) is 0 Å². The van der Waals surface area contributed by atoms with E-state index in [0.717, 1.165) is 24.9 Å². The van der Waals surface area contributed by atoms with Crippen molar-refractivity contribution < 1.29 is 23.3 Å². The summed E-state index contributed by atoms with van der Waals surface area (Å²) in [6, 6.07) is 1.73. The Hall–Kier alpha value is -1.85. The van der Waals surface area contributed by atoms with Crippen LogP contribution in [0.5, 0.6) is 0 Å². The summed E-state index contributed by atoms with van der Waals surface area (Å²) in [6.07, 6.45) is 1.48. The number of hydrogen-bond donors (Lipinski definition) is 0. The van der Waals surface area contributed by atoms with Gasteiger partial charge in [0.15, 0.2) is 16.6 Å². The van der Waals surface area contributed by atoms with Gasteiger partial charge < -0.3 is 4.12 Å². The minimum atomic E-state index is -1.98. The molecular formula is C22H36N2O5Si2. The van der Waals surface area contributed by atoms with Crippen LogP contribution >= 0.6 is 0 Å². The van der Waals surface area contributed by atoms with Crippen LogP contribution < -0.4 is 0 Å². The molecule has 0 fully saturated rings. The number of amides is 4. The second-order valence-electron chi connectivity index (χ2n) is 9.85. The number of nitrogens with zero attached hydrogens (tertiary/aromatic N) is 2. The fraction of sp³-hybridized carbons (Fsp3) is 0.636. The molecule has 0 aliphatic carbocycles. The zero-order chi connectivity index (χ0) is 23.7. The molecule has 0 radical (unpaired) electrons. The zero-order valence-corrected chi connectivity index (χ0v) is 22.2. The minimum Gasteiger partial charge on any atom is -0.455 e. The molecule has 0 aromatic rings. The highest BCUT2D eigenvalue weighted by Crippen LogP contribution is 2.27. The van der Waals surface area contributed by atoms with Gasteiger partial charge in [-0.05, 0) is 78.8 Å². The highest BCUT2D eigenvalue weighted by atomic mass is 28.4. The second kappa shape index (κ2) is 9.34. The molecule has 0 saturated carbocycles. The quantitative estimate of drug-likeness (QED) is 0.364. The standard InChI is InChI=1S/C22H36N2O5Si2/c1-15-16(2)20(26)23(19(15)25)11-9-13-30(5,6)29-31(7,8)14-10-12-24-21(27)17(3)18(4)22(24)28/h9-14H2,1-8H3. The summed E-state index contributed by atoms with van der Waals surface area (Å²) in [5.41, 5.74) is 2.17. The largest absolute Gasteiger partial charge is 0.455 e. The molecule has 9 heteroatoms. The van der Waals surface area contributed by atoms with E-state index in [2.05, 4.69) is 26.2 Å². The van der Waals surface area contributed by atoms with Crippen LogP contribution in [0.15, 0.2) is 22.3 Å². The molecular weight excluding hydrogens is 428 g/mol. The molecule has 31 heavy (non-hydrogen) atoms. The van der Waals surface area contributed by atoms with Crippen LogP contribution in [0.1, 0.15) is 40.5 Å². The zero-order valence-electron chi connectivity index (χ0n) is 20.2. The molecule has 0 unspecified atom stereocenters. The Kier molecular flexibility index (Phi) is 7.65. The molecule has 0 spiro atoms. The maximum Gasteiger partial charge on any atom is 0.256 e. The first-order chi connectivity index (χ1) is 14.2. The van der Waals surface area contributed by atoms with Gasteiger partial charge in [-0.2, -0.15) is 0 Å². The Bertz CT molecular complexity index is 755. The average molecular weight is 465 g/mol. The minimum absolute atomic E-state index is 0.177. The lowest BCUT2D eigenvalue weighted by atomic mass is 10.2. The number of rotatable bonds is 10. The van der Waals surface area contributed by atoms with Crippen molar-refractivity contribution in [1.29, 1.82) is 0 Å². The number of carbonyl (C=O) groups is 4. The Morgan fingerprint density at radius 2 is 0.839 bits per heavy atom. The van der Waals surface area contributed by atoms with Gasteiger partial charge in [-0.15, -0.1) is 0 Å². The summed E-state index contributed by atoms with van der Waals surface area (Å²) in [5, 5.41) is 0. The fourth-order valence-corrected chi connectivity index (χ4v) is 13.0. The molecule has 2 aliphatic rings. The lowest BCUT2D eigenvalue weighted by Gasteiger charge is -2.34. The molecule has 0 aromatic heterocycles. The maximum absolute atomic E-state index is 12.2. The van der Waals surface area contributed by atoms with Crippen LogP contribution in [0.2, 0.25) is 38.3 Å². The first-order valence-electron chi connectivity index (χ1n) is 11.0. The predicted molar refractivity (Wildman–Crippen MR) is 125 cm³/mol. The van der Waals surface area contributed by atoms with E-state index in [-0.39, 0.29) is 23.6 Å². The van der Waals surface area contributed by atoms with E-state index in [1.165, 1.54) is 9.80 Å². The van der Waals surface area contributed by atoms with Gasteiger partial charge >= 0.3 is 0 Å². The van der Waals surface area contributed by atoms with Crippen molar-refractivity contribution in [3.8, 4) is 0 Å². The van der Waals surface area contributed by atoms with Crippen molar-refractivity contribution in [2.75, 3.05) is 13.1 Å². The smallest absolute Gasteiger partial charge is 0.256 e. The topological polar surface area (TPSA) is 84.0 Å². The first kappa shape index (κ1) is 25.4. The van der Waals surface area contributed by atoms with Gasteiger partial charge in [0.05, 0.1) is 0 Å². The van der Waals surface area contributed by atoms with Crippen molar-refractivity contribution in [2.24, 2.45) is 0 Å². The van der Waals surface area contributed by atoms with E-state index >= 15 is 0 Å². The molecule has 0 saturated heterocycles. The lowest BCUT2D eigenvalue weighted by molar-refractivity contribution is -0.139. The van der Waals surface area contributed by atoms with Crippen LogP contribution in [-0.2, 0) is 23.3 Å². The van der Waals surface area contributed by atoms with Crippen LogP contribution in [0, 0.1) is 0 Å². The Morgan fingerprint density at radius 3 is 1.10 bits per heavy atom. The van der Waals surface area contributed by atoms with Gasteiger partial charge in [-0.25, -0.2) is 0 Å². The maximum atomic E-state index is 12.2. The molecule has 2 rings (SSSR count). The summed E-state index contributed by atoms with van der Waals surface area (Å²) in [7, 11) is -3.95. The molecule has 0 bridgehead atoms. The third-order valence-corrected chi connectivity index (χ3v) is 13.8. The van der Waals surface area contributed by atoms with Crippen molar-refractivity contribution in [1.82, 2.24) is 9.80 Å². The van der Waals surface area contributed by atoms with Gasteiger partial charge in [0, 0.05) is 35.4 Å². The van der Waals surface area contributed by atoms with E-state index < -0.39 is 16.6 Å². The summed E-state index contributed by atoms with van der Waals surface area (Å²) >= 11 is 0. The highest BCUT2D eigenvalue weighted by Gasteiger charge is 2.37. The van der Waals surface area contributed by atoms with Gasteiger partial charge in [-0.3, -0.25) is 29.0 Å². The first-order valence-corrected chi connectivity index (χ1v) is 17.2. The van der Waals surface area contributed by atoms with Crippen molar-refractivity contribution in [2.45, 2.75) is 78.8 Å². The van der Waals surface area contributed by atoms with Crippen molar-refractivity contribution in [3.05, 3.63) is 22.3 Å². The monoisotopic (exact) mass is 464 g/mol. The molecule has 0 atom stereocenters. The molecule has 0 aromatic carbocycles. The lowest BCUT2D eigenvalue weighted by Crippen LogP contribution is -2.45. The predicted octanol–water partition coefficient (Wildman–Crippen LogP) is 3.60. The number of imide groups is 2. The third kappa shape index (κ3) is 5.69. The summed E-state index contributed by atoms with van der Waals surface area (Å²) < 4.78 is 6.63. The summed E-state index contributed by atoms with van der Waals surface area (Å²) in [6.45, 7) is 16.4. The molecule has 0 N–H and O–H groups in total. The third-order valence-electron chi connectivity index (χ3n) is 6.26. The molecule has 7 nitrogen and oxygen atoms in total. The summed E-state index contributed by atoms with van der Waals surface area (Å²) in [4.78, 5) is 51.5. The van der Waals surface area contributed by atoms with Crippen LogP contribution in [0.4, 0.5) is 0 Å². The molecule has 2 aliphatic heterocycles. The van der Waals surface area contributed by atoms with E-state index in [1.54, 1.807) is 27.7 Å². The van der Waals surface area contributed by atoms with Crippen LogP contribution in [0.3, 0.4) is 0 Å². The average Bonchev–Trinajstić information content (AvgIpc) is 2.96. The fourth-order valence-electron chi connectivity index (χ4n) is 4.22. The normalized spacial score (nSPS) is 18.5. The van der Waals surface area contributed by atoms with Crippen LogP contribution in [-0.4, -0.2) is 63.2 Å². The SMILES string of the molecule is CC1=C(C)C(=O)N(CCC[Si](C)(C)O[Si](C)(C)CCCN2C(=O)C(C)=C(C)C2=O)C1=O. The van der Waals surface area contributed by atoms with E-state index in [4.69, 9.17) is 4.12 Å². The van der Waals surface area contributed by atoms with Gasteiger partial charge in [0.25, 0.3) is 23.6 Å². The van der Waals surface area contributed by atoms with Gasteiger partial charge in [0.1, 0.15) is 0 Å². The van der Waals surface area contributed by atoms with E-state index in [1.807, 2.05) is 0 Å². The second-order valence-corrected chi connectivity index (χ2v) is 18.7. The Morgan fingerprint density at radius 1 is 0.581 bits per heavy atom. The van der Waals surface area contributed by atoms with Gasteiger partial charge in [0.2, 0.25) is 0 Å². The number of carbonyl (C=O) groups excluding carboxylic acids is 4. The Labute approximate surface area is 187 Å². The number of hydrogen-bond acceptors (Lipinski definition) is 5. The Balaban J connectivity index is 1.80. The van der Waals surface area contributed by atoms with Crippen LogP contribution in [0.25, 0.3) is 0 Å². The van der Waals surface area contributed by atoms with Crippen molar-refractivity contribution >= 4 is 40.3 Å².